The predicted molar refractivity (Wildman–Crippen MR) is 81.5 cm³/mol. The molecule has 1 amide bonds. The summed E-state index contributed by atoms with van der Waals surface area (Å²) in [7, 11) is 0. The number of halogens is 2. The molecule has 2 heterocycles. The molecule has 1 aliphatic rings. The Morgan fingerprint density at radius 1 is 1.40 bits per heavy atom. The lowest BCUT2D eigenvalue weighted by molar-refractivity contribution is 0.0900. The Hall–Kier alpha value is -0.840. The Balaban J connectivity index is 1.94. The molecule has 0 aromatic carbocycles. The Morgan fingerprint density at radius 3 is 2.65 bits per heavy atom. The molecule has 4 nitrogen and oxygen atoms in total. The smallest absolute Gasteiger partial charge is 0.253 e. The van der Waals surface area contributed by atoms with Gasteiger partial charge >= 0.3 is 0 Å². The van der Waals surface area contributed by atoms with Gasteiger partial charge in [-0.05, 0) is 32.8 Å². The first-order valence-corrected chi connectivity index (χ1v) is 7.59. The van der Waals surface area contributed by atoms with Crippen LogP contribution < -0.4 is 5.32 Å². The first-order valence-electron chi connectivity index (χ1n) is 6.83. The third-order valence-electron chi connectivity index (χ3n) is 3.66. The Labute approximate surface area is 129 Å². The highest BCUT2D eigenvalue weighted by Gasteiger charge is 2.23. The summed E-state index contributed by atoms with van der Waals surface area (Å²) in [6, 6.07) is 2.25. The van der Waals surface area contributed by atoms with Crippen LogP contribution in [0, 0.1) is 0 Å². The van der Waals surface area contributed by atoms with E-state index in [0.29, 0.717) is 16.6 Å². The second kappa shape index (κ2) is 6.74. The average molecular weight is 316 g/mol. The van der Waals surface area contributed by atoms with Gasteiger partial charge in [-0.25, -0.2) is 4.98 Å². The van der Waals surface area contributed by atoms with E-state index in [1.165, 1.54) is 12.3 Å². The molecule has 110 valence electrons. The fourth-order valence-corrected chi connectivity index (χ4v) is 2.76. The Kier molecular flexibility index (Phi) is 5.24. The number of amides is 1. The molecule has 1 fully saturated rings. The summed E-state index contributed by atoms with van der Waals surface area (Å²) < 4.78 is 0. The summed E-state index contributed by atoms with van der Waals surface area (Å²) in [4.78, 5) is 18.5. The minimum absolute atomic E-state index is 0.178. The number of carbonyl (C=O) groups is 1. The van der Waals surface area contributed by atoms with Crippen molar-refractivity contribution in [1.29, 1.82) is 0 Å². The highest BCUT2D eigenvalue weighted by molar-refractivity contribution is 6.35. The molecule has 1 saturated heterocycles. The van der Waals surface area contributed by atoms with Crippen LogP contribution in [0.1, 0.15) is 37.0 Å². The third-order valence-corrected chi connectivity index (χ3v) is 4.17. The summed E-state index contributed by atoms with van der Waals surface area (Å²) in [5.74, 6) is -0.178. The van der Waals surface area contributed by atoms with Crippen molar-refractivity contribution in [2.75, 3.05) is 13.1 Å². The van der Waals surface area contributed by atoms with E-state index in [1.54, 1.807) is 0 Å². The minimum atomic E-state index is -0.178. The summed E-state index contributed by atoms with van der Waals surface area (Å²) in [6.07, 6.45) is 3.32. The highest BCUT2D eigenvalue weighted by atomic mass is 35.5. The van der Waals surface area contributed by atoms with E-state index in [1.807, 2.05) is 0 Å². The molecule has 1 aromatic rings. The monoisotopic (exact) mass is 315 g/mol. The molecule has 0 unspecified atom stereocenters. The molecule has 20 heavy (non-hydrogen) atoms. The topological polar surface area (TPSA) is 45.2 Å². The number of nitrogens with zero attached hydrogens (tertiary/aromatic N) is 2. The van der Waals surface area contributed by atoms with E-state index in [9.17, 15) is 4.79 Å². The quantitative estimate of drug-likeness (QED) is 0.872. The fraction of sp³-hybridized carbons (Fsp3) is 0.571. The number of piperidine rings is 1. The summed E-state index contributed by atoms with van der Waals surface area (Å²) in [5, 5.41) is 3.62. The molecule has 0 spiro atoms. The minimum Gasteiger partial charge on any atom is -0.349 e. The zero-order chi connectivity index (χ0) is 14.7. The van der Waals surface area contributed by atoms with Gasteiger partial charge in [-0.1, -0.05) is 23.2 Å². The maximum atomic E-state index is 12.2. The van der Waals surface area contributed by atoms with Crippen molar-refractivity contribution >= 4 is 29.1 Å². The lowest BCUT2D eigenvalue weighted by atomic mass is 10.0. The van der Waals surface area contributed by atoms with Crippen molar-refractivity contribution in [2.45, 2.75) is 38.8 Å². The van der Waals surface area contributed by atoms with Crippen LogP contribution in [0.15, 0.2) is 12.3 Å². The molecule has 0 radical (unpaired) electrons. The fourth-order valence-electron chi connectivity index (χ4n) is 2.41. The molecular formula is C14H19Cl2N3O. The largest absolute Gasteiger partial charge is 0.349 e. The second-order valence-electron chi connectivity index (χ2n) is 5.36. The SMILES string of the molecule is CC(C)N1CCC(NC(=O)c2cc(Cl)ncc2Cl)CC1. The number of nitrogens with one attached hydrogen (secondary N) is 1. The summed E-state index contributed by atoms with van der Waals surface area (Å²) in [6.45, 7) is 6.40. The molecule has 1 aromatic heterocycles. The molecule has 0 saturated carbocycles. The van der Waals surface area contributed by atoms with Crippen molar-refractivity contribution in [3.63, 3.8) is 0 Å². The normalized spacial score (nSPS) is 17.4. The molecule has 0 aliphatic carbocycles. The molecular weight excluding hydrogens is 297 g/mol. The average Bonchev–Trinajstić information content (AvgIpc) is 2.42. The van der Waals surface area contributed by atoms with Crippen molar-refractivity contribution in [3.8, 4) is 0 Å². The number of likely N-dealkylation sites (tertiary alicyclic amines) is 1. The van der Waals surface area contributed by atoms with Gasteiger partial charge in [-0.15, -0.1) is 0 Å². The zero-order valence-corrected chi connectivity index (χ0v) is 13.2. The van der Waals surface area contributed by atoms with Crippen LogP contribution in [-0.4, -0.2) is 41.0 Å². The lowest BCUT2D eigenvalue weighted by Gasteiger charge is -2.34. The number of pyridine rings is 1. The highest BCUT2D eigenvalue weighted by Crippen LogP contribution is 2.19. The van der Waals surface area contributed by atoms with Gasteiger partial charge in [-0.3, -0.25) is 4.79 Å². The van der Waals surface area contributed by atoms with Gasteiger partial charge in [0.25, 0.3) is 5.91 Å². The lowest BCUT2D eigenvalue weighted by Crippen LogP contribution is -2.46. The van der Waals surface area contributed by atoms with E-state index in [4.69, 9.17) is 23.2 Å². The van der Waals surface area contributed by atoms with Crippen LogP contribution in [0.4, 0.5) is 0 Å². The van der Waals surface area contributed by atoms with Gasteiger partial charge in [0.15, 0.2) is 0 Å². The predicted octanol–water partition coefficient (Wildman–Crippen LogP) is 2.99. The second-order valence-corrected chi connectivity index (χ2v) is 6.16. The number of aromatic nitrogens is 1. The van der Waals surface area contributed by atoms with Crippen LogP contribution in [0.3, 0.4) is 0 Å². The molecule has 6 heteroatoms. The van der Waals surface area contributed by atoms with Crippen LogP contribution in [-0.2, 0) is 0 Å². The Bertz CT molecular complexity index is 485. The maximum absolute atomic E-state index is 12.2. The third kappa shape index (κ3) is 3.84. The summed E-state index contributed by atoms with van der Waals surface area (Å²) >= 11 is 11.8. The van der Waals surface area contributed by atoms with Gasteiger partial charge in [0.2, 0.25) is 0 Å². The van der Waals surface area contributed by atoms with Crippen molar-refractivity contribution in [2.24, 2.45) is 0 Å². The van der Waals surface area contributed by atoms with Crippen molar-refractivity contribution in [1.82, 2.24) is 15.2 Å². The molecule has 1 N–H and O–H groups in total. The summed E-state index contributed by atoms with van der Waals surface area (Å²) in [5.41, 5.74) is 0.387. The van der Waals surface area contributed by atoms with E-state index >= 15 is 0 Å². The molecule has 2 rings (SSSR count). The number of carbonyl (C=O) groups excluding carboxylic acids is 1. The number of hydrogen-bond donors (Lipinski definition) is 1. The van der Waals surface area contributed by atoms with E-state index < -0.39 is 0 Å². The van der Waals surface area contributed by atoms with Crippen LogP contribution >= 0.6 is 23.2 Å². The van der Waals surface area contributed by atoms with Gasteiger partial charge in [0.1, 0.15) is 5.15 Å². The van der Waals surface area contributed by atoms with E-state index in [2.05, 4.69) is 29.0 Å². The first-order chi connectivity index (χ1) is 9.47. The number of rotatable bonds is 3. The number of hydrogen-bond acceptors (Lipinski definition) is 3. The van der Waals surface area contributed by atoms with Crippen LogP contribution in [0.5, 0.6) is 0 Å². The van der Waals surface area contributed by atoms with Gasteiger partial charge in [0.05, 0.1) is 10.6 Å². The molecule has 0 bridgehead atoms. The van der Waals surface area contributed by atoms with E-state index in [-0.39, 0.29) is 17.1 Å². The molecule has 1 aliphatic heterocycles. The van der Waals surface area contributed by atoms with Gasteiger partial charge < -0.3 is 10.2 Å². The van der Waals surface area contributed by atoms with Crippen LogP contribution in [0.2, 0.25) is 10.2 Å². The first kappa shape index (κ1) is 15.5. The van der Waals surface area contributed by atoms with Gasteiger partial charge in [0, 0.05) is 31.4 Å². The molecule has 0 atom stereocenters. The van der Waals surface area contributed by atoms with Crippen LogP contribution in [0.25, 0.3) is 0 Å². The standard InChI is InChI=1S/C14H19Cl2N3O/c1-9(2)19-5-3-10(4-6-19)18-14(20)11-7-13(16)17-8-12(11)15/h7-10H,3-6H2,1-2H3,(H,18,20). The van der Waals surface area contributed by atoms with E-state index in [0.717, 1.165) is 25.9 Å². The maximum Gasteiger partial charge on any atom is 0.253 e. The van der Waals surface area contributed by atoms with Crippen molar-refractivity contribution < 1.29 is 4.79 Å². The van der Waals surface area contributed by atoms with Gasteiger partial charge in [-0.2, -0.15) is 0 Å². The zero-order valence-electron chi connectivity index (χ0n) is 11.7. The Morgan fingerprint density at radius 2 is 2.05 bits per heavy atom. The van der Waals surface area contributed by atoms with Crippen molar-refractivity contribution in [3.05, 3.63) is 28.0 Å².